The van der Waals surface area contributed by atoms with E-state index >= 15 is 0 Å². The Bertz CT molecular complexity index is 728. The van der Waals surface area contributed by atoms with Crippen molar-refractivity contribution in [2.45, 2.75) is 31.2 Å². The summed E-state index contributed by atoms with van der Waals surface area (Å²) >= 11 is 0. The maximum absolute atomic E-state index is 12.1. The smallest absolute Gasteiger partial charge is 0.236 e. The lowest BCUT2D eigenvalue weighted by molar-refractivity contribution is -0.145. The summed E-state index contributed by atoms with van der Waals surface area (Å²) in [5, 5.41) is 1.04. The Kier molecular flexibility index (Phi) is 3.45. The SMILES string of the molecule is NCC(=O)N1CCC12CCCCN(c1ncnc3[nH]ccc13)C2. The molecule has 3 N–H and O–H groups in total. The standard InChI is InChI=1S/C16H22N6O/c17-9-13(23)22-8-5-16(22)4-1-2-7-21(10-16)15-12-3-6-18-14(12)19-11-20-15/h3,6,11H,1-2,4-5,7-10,17H2,(H,18,19,20). The summed E-state index contributed by atoms with van der Waals surface area (Å²) in [6.45, 7) is 2.71. The van der Waals surface area contributed by atoms with Crippen molar-refractivity contribution in [3.8, 4) is 0 Å². The average molecular weight is 314 g/mol. The number of aromatic amines is 1. The number of nitrogens with one attached hydrogen (secondary N) is 1. The number of nitrogens with zero attached hydrogens (tertiary/aromatic N) is 4. The van der Waals surface area contributed by atoms with Crippen LogP contribution in [0.2, 0.25) is 0 Å². The van der Waals surface area contributed by atoms with Gasteiger partial charge in [0.25, 0.3) is 0 Å². The van der Waals surface area contributed by atoms with Gasteiger partial charge in [-0.05, 0) is 31.7 Å². The van der Waals surface area contributed by atoms with Gasteiger partial charge in [0.15, 0.2) is 0 Å². The van der Waals surface area contributed by atoms with Crippen molar-refractivity contribution >= 4 is 22.8 Å². The molecule has 4 rings (SSSR count). The molecule has 2 fully saturated rings. The van der Waals surface area contributed by atoms with E-state index in [1.54, 1.807) is 6.33 Å². The summed E-state index contributed by atoms with van der Waals surface area (Å²) in [6, 6.07) is 2.02. The first-order valence-electron chi connectivity index (χ1n) is 8.27. The third-order valence-corrected chi connectivity index (χ3v) is 5.29. The van der Waals surface area contributed by atoms with Gasteiger partial charge in [0.05, 0.1) is 17.5 Å². The highest BCUT2D eigenvalue weighted by molar-refractivity contribution is 5.87. The molecule has 2 aromatic rings. The van der Waals surface area contributed by atoms with Crippen LogP contribution in [0.15, 0.2) is 18.6 Å². The van der Waals surface area contributed by atoms with Crippen LogP contribution in [0.3, 0.4) is 0 Å². The van der Waals surface area contributed by atoms with Crippen molar-refractivity contribution in [2.24, 2.45) is 5.73 Å². The molecule has 1 amide bonds. The predicted octanol–water partition coefficient (Wildman–Crippen LogP) is 0.878. The van der Waals surface area contributed by atoms with Crippen LogP contribution in [0, 0.1) is 0 Å². The summed E-state index contributed by atoms with van der Waals surface area (Å²) < 4.78 is 0. The first-order valence-corrected chi connectivity index (χ1v) is 8.27. The second-order valence-electron chi connectivity index (χ2n) is 6.54. The average Bonchev–Trinajstić information content (AvgIpc) is 2.91. The molecule has 2 saturated heterocycles. The number of nitrogens with two attached hydrogens (primary N) is 1. The Morgan fingerprint density at radius 2 is 2.22 bits per heavy atom. The Morgan fingerprint density at radius 1 is 1.30 bits per heavy atom. The topological polar surface area (TPSA) is 91.1 Å². The lowest BCUT2D eigenvalue weighted by atomic mass is 9.80. The third-order valence-electron chi connectivity index (χ3n) is 5.29. The first kappa shape index (κ1) is 14.4. The van der Waals surface area contributed by atoms with E-state index in [9.17, 15) is 4.79 Å². The van der Waals surface area contributed by atoms with Gasteiger partial charge in [0, 0.05) is 25.8 Å². The van der Waals surface area contributed by atoms with Gasteiger partial charge in [-0.2, -0.15) is 0 Å². The molecule has 0 bridgehead atoms. The van der Waals surface area contributed by atoms with E-state index in [0.29, 0.717) is 0 Å². The molecule has 0 radical (unpaired) electrons. The van der Waals surface area contributed by atoms with Crippen LogP contribution in [-0.2, 0) is 4.79 Å². The van der Waals surface area contributed by atoms with Crippen LogP contribution in [0.1, 0.15) is 25.7 Å². The first-order chi connectivity index (χ1) is 11.2. The molecular formula is C16H22N6O. The maximum Gasteiger partial charge on any atom is 0.236 e. The fraction of sp³-hybridized carbons (Fsp3) is 0.562. The number of carbonyl (C=O) groups excluding carboxylic acids is 1. The van der Waals surface area contributed by atoms with Crippen LogP contribution in [0.5, 0.6) is 0 Å². The zero-order valence-corrected chi connectivity index (χ0v) is 13.2. The Hall–Kier alpha value is -2.15. The van der Waals surface area contributed by atoms with Gasteiger partial charge in [-0.1, -0.05) is 0 Å². The van der Waals surface area contributed by atoms with E-state index in [4.69, 9.17) is 5.73 Å². The van der Waals surface area contributed by atoms with Gasteiger partial charge in [0.2, 0.25) is 5.91 Å². The van der Waals surface area contributed by atoms with Gasteiger partial charge < -0.3 is 20.5 Å². The monoisotopic (exact) mass is 314 g/mol. The number of carbonyl (C=O) groups is 1. The van der Waals surface area contributed by atoms with E-state index in [0.717, 1.165) is 62.2 Å². The predicted molar refractivity (Wildman–Crippen MR) is 88.1 cm³/mol. The molecule has 2 aliphatic heterocycles. The fourth-order valence-electron chi connectivity index (χ4n) is 4.03. The molecule has 7 nitrogen and oxygen atoms in total. The fourth-order valence-corrected chi connectivity index (χ4v) is 4.03. The number of amides is 1. The van der Waals surface area contributed by atoms with E-state index in [2.05, 4.69) is 19.9 Å². The van der Waals surface area contributed by atoms with Crippen LogP contribution in [0.4, 0.5) is 5.82 Å². The van der Waals surface area contributed by atoms with E-state index in [1.807, 2.05) is 17.2 Å². The van der Waals surface area contributed by atoms with Crippen molar-refractivity contribution in [2.75, 3.05) is 31.1 Å². The van der Waals surface area contributed by atoms with Gasteiger partial charge in [-0.3, -0.25) is 4.79 Å². The molecule has 1 spiro atoms. The largest absolute Gasteiger partial charge is 0.354 e. The second kappa shape index (κ2) is 5.49. The number of hydrogen-bond donors (Lipinski definition) is 2. The highest BCUT2D eigenvalue weighted by atomic mass is 16.2. The van der Waals surface area contributed by atoms with Crippen LogP contribution in [-0.4, -0.2) is 57.5 Å². The van der Waals surface area contributed by atoms with Crippen molar-refractivity contribution in [3.63, 3.8) is 0 Å². The summed E-state index contributed by atoms with van der Waals surface area (Å²) in [5.41, 5.74) is 6.38. The highest BCUT2D eigenvalue weighted by Gasteiger charge is 2.48. The van der Waals surface area contributed by atoms with Crippen LogP contribution >= 0.6 is 0 Å². The molecule has 0 aliphatic carbocycles. The van der Waals surface area contributed by atoms with Crippen molar-refractivity contribution < 1.29 is 4.79 Å². The number of rotatable bonds is 2. The number of H-pyrrole nitrogens is 1. The molecule has 0 aromatic carbocycles. The van der Waals surface area contributed by atoms with Crippen LogP contribution in [0.25, 0.3) is 11.0 Å². The van der Waals surface area contributed by atoms with Crippen molar-refractivity contribution in [3.05, 3.63) is 18.6 Å². The molecule has 4 heterocycles. The Balaban J connectivity index is 1.67. The minimum Gasteiger partial charge on any atom is -0.354 e. The zero-order valence-electron chi connectivity index (χ0n) is 13.2. The second-order valence-corrected chi connectivity index (χ2v) is 6.54. The molecule has 0 saturated carbocycles. The molecule has 1 unspecified atom stereocenters. The van der Waals surface area contributed by atoms with Crippen molar-refractivity contribution in [1.82, 2.24) is 19.9 Å². The molecule has 122 valence electrons. The summed E-state index contributed by atoms with van der Waals surface area (Å²) in [6.07, 6.45) is 7.85. The number of likely N-dealkylation sites (tertiary alicyclic amines) is 1. The molecule has 2 aliphatic rings. The lowest BCUT2D eigenvalue weighted by Crippen LogP contribution is -2.67. The Morgan fingerprint density at radius 3 is 3.00 bits per heavy atom. The molecule has 23 heavy (non-hydrogen) atoms. The maximum atomic E-state index is 12.1. The molecule has 7 heteroatoms. The van der Waals surface area contributed by atoms with Gasteiger partial charge >= 0.3 is 0 Å². The number of aromatic nitrogens is 3. The van der Waals surface area contributed by atoms with Gasteiger partial charge in [0.1, 0.15) is 17.8 Å². The number of hydrogen-bond acceptors (Lipinski definition) is 5. The normalized spacial score (nSPS) is 24.7. The third kappa shape index (κ3) is 2.26. The van der Waals surface area contributed by atoms with Gasteiger partial charge in [-0.25, -0.2) is 9.97 Å². The minimum absolute atomic E-state index is 0.0626. The molecule has 1 atom stereocenters. The van der Waals surface area contributed by atoms with Gasteiger partial charge in [-0.15, -0.1) is 0 Å². The van der Waals surface area contributed by atoms with E-state index < -0.39 is 0 Å². The zero-order chi connectivity index (χ0) is 15.9. The van der Waals surface area contributed by atoms with E-state index in [-0.39, 0.29) is 18.0 Å². The summed E-state index contributed by atoms with van der Waals surface area (Å²) in [7, 11) is 0. The Labute approximate surface area is 134 Å². The highest BCUT2D eigenvalue weighted by Crippen LogP contribution is 2.39. The summed E-state index contributed by atoms with van der Waals surface area (Å²) in [4.78, 5) is 28.4. The van der Waals surface area contributed by atoms with Crippen molar-refractivity contribution in [1.29, 1.82) is 0 Å². The lowest BCUT2D eigenvalue weighted by Gasteiger charge is -2.54. The van der Waals surface area contributed by atoms with Crippen LogP contribution < -0.4 is 10.6 Å². The number of fused-ring (bicyclic) bond motifs is 1. The minimum atomic E-state index is -0.0689. The molecule has 2 aromatic heterocycles. The number of anilines is 1. The summed E-state index contributed by atoms with van der Waals surface area (Å²) in [5.74, 6) is 1.03. The van der Waals surface area contributed by atoms with E-state index in [1.165, 1.54) is 0 Å². The molecular weight excluding hydrogens is 292 g/mol. The quantitative estimate of drug-likeness (QED) is 0.858.